The molecule has 0 aliphatic carbocycles. The van der Waals surface area contributed by atoms with Gasteiger partial charge in [0.25, 0.3) is 0 Å². The molecule has 1 amide bonds. The summed E-state index contributed by atoms with van der Waals surface area (Å²) < 4.78 is 5.53. The van der Waals surface area contributed by atoms with E-state index in [4.69, 9.17) is 16.3 Å². The second kappa shape index (κ2) is 8.70. The highest BCUT2D eigenvalue weighted by molar-refractivity contribution is 7.15. The largest absolute Gasteiger partial charge is 0.494 e. The van der Waals surface area contributed by atoms with Crippen molar-refractivity contribution in [1.82, 2.24) is 10.2 Å². The Bertz CT molecular complexity index is 601. The zero-order valence-electron chi connectivity index (χ0n) is 12.3. The van der Waals surface area contributed by atoms with E-state index < -0.39 is 0 Å². The Hall–Kier alpha value is -1.66. The summed E-state index contributed by atoms with van der Waals surface area (Å²) >= 11 is 7.22. The Balaban J connectivity index is 1.65. The van der Waals surface area contributed by atoms with Crippen molar-refractivity contribution >= 4 is 34.0 Å². The van der Waals surface area contributed by atoms with Gasteiger partial charge in [-0.1, -0.05) is 29.9 Å². The molecule has 0 saturated carbocycles. The molecule has 118 valence electrons. The molecule has 0 spiro atoms. The summed E-state index contributed by atoms with van der Waals surface area (Å²) in [5.41, 5.74) is 0. The van der Waals surface area contributed by atoms with Crippen LogP contribution in [0.2, 0.25) is 5.02 Å². The van der Waals surface area contributed by atoms with Crippen LogP contribution in [0.25, 0.3) is 0 Å². The van der Waals surface area contributed by atoms with Crippen LogP contribution in [0.15, 0.2) is 24.3 Å². The number of benzene rings is 1. The van der Waals surface area contributed by atoms with Gasteiger partial charge in [0.2, 0.25) is 11.0 Å². The lowest BCUT2D eigenvalue weighted by Crippen LogP contribution is -2.12. The molecule has 0 unspecified atom stereocenters. The van der Waals surface area contributed by atoms with E-state index in [1.165, 1.54) is 11.3 Å². The summed E-state index contributed by atoms with van der Waals surface area (Å²) in [5, 5.41) is 12.9. The molecule has 22 heavy (non-hydrogen) atoms. The first-order valence-corrected chi connectivity index (χ1v) is 8.37. The molecule has 0 atom stereocenters. The number of hydrogen-bond donors (Lipinski definition) is 1. The van der Waals surface area contributed by atoms with Crippen molar-refractivity contribution in [1.29, 1.82) is 0 Å². The fourth-order valence-electron chi connectivity index (χ4n) is 1.75. The third kappa shape index (κ3) is 5.61. The van der Waals surface area contributed by atoms with Crippen molar-refractivity contribution in [2.24, 2.45) is 0 Å². The SMILES string of the molecule is CCCc1nnc(NC(=O)CCCOc2ccc(Cl)cc2)s1. The lowest BCUT2D eigenvalue weighted by atomic mass is 10.3. The number of nitrogens with zero attached hydrogens (tertiary/aromatic N) is 2. The van der Waals surface area contributed by atoms with Gasteiger partial charge in [-0.25, -0.2) is 0 Å². The second-order valence-electron chi connectivity index (χ2n) is 4.71. The smallest absolute Gasteiger partial charge is 0.226 e. The summed E-state index contributed by atoms with van der Waals surface area (Å²) in [6, 6.07) is 7.15. The van der Waals surface area contributed by atoms with E-state index >= 15 is 0 Å². The van der Waals surface area contributed by atoms with E-state index in [-0.39, 0.29) is 5.91 Å². The molecule has 1 aromatic carbocycles. The number of nitrogens with one attached hydrogen (secondary N) is 1. The van der Waals surface area contributed by atoms with Crippen molar-refractivity contribution in [2.45, 2.75) is 32.6 Å². The zero-order chi connectivity index (χ0) is 15.8. The first kappa shape index (κ1) is 16.7. The van der Waals surface area contributed by atoms with E-state index in [1.54, 1.807) is 24.3 Å². The molecule has 2 aromatic rings. The highest BCUT2D eigenvalue weighted by Crippen LogP contribution is 2.17. The van der Waals surface area contributed by atoms with Crippen LogP contribution in [0.4, 0.5) is 5.13 Å². The van der Waals surface area contributed by atoms with Gasteiger partial charge in [-0.15, -0.1) is 10.2 Å². The summed E-state index contributed by atoms with van der Waals surface area (Å²) in [6.45, 7) is 2.56. The Kier molecular flexibility index (Phi) is 6.61. The molecule has 1 heterocycles. The van der Waals surface area contributed by atoms with E-state index in [0.717, 1.165) is 23.6 Å². The Morgan fingerprint density at radius 2 is 2.09 bits per heavy atom. The van der Waals surface area contributed by atoms with Gasteiger partial charge in [-0.2, -0.15) is 0 Å². The Morgan fingerprint density at radius 3 is 2.82 bits per heavy atom. The van der Waals surface area contributed by atoms with Crippen LogP contribution in [0.3, 0.4) is 0 Å². The summed E-state index contributed by atoms with van der Waals surface area (Å²) in [7, 11) is 0. The van der Waals surface area contributed by atoms with Crippen molar-refractivity contribution in [3.63, 3.8) is 0 Å². The molecular formula is C15H18ClN3O2S. The predicted molar refractivity (Wildman–Crippen MR) is 88.7 cm³/mol. The maximum atomic E-state index is 11.8. The summed E-state index contributed by atoms with van der Waals surface area (Å²) in [5.74, 6) is 0.678. The lowest BCUT2D eigenvalue weighted by Gasteiger charge is -2.05. The molecule has 0 bridgehead atoms. The number of carbonyl (C=O) groups is 1. The number of carbonyl (C=O) groups excluding carboxylic acids is 1. The van der Waals surface area contributed by atoms with Crippen LogP contribution in [0.1, 0.15) is 31.2 Å². The molecular weight excluding hydrogens is 322 g/mol. The average molecular weight is 340 g/mol. The van der Waals surface area contributed by atoms with E-state index in [2.05, 4.69) is 22.4 Å². The number of rotatable bonds is 8. The highest BCUT2D eigenvalue weighted by Gasteiger charge is 2.07. The number of aryl methyl sites for hydroxylation is 1. The van der Waals surface area contributed by atoms with Gasteiger partial charge in [0.05, 0.1) is 6.61 Å². The van der Waals surface area contributed by atoms with Crippen molar-refractivity contribution in [2.75, 3.05) is 11.9 Å². The zero-order valence-corrected chi connectivity index (χ0v) is 13.9. The van der Waals surface area contributed by atoms with Gasteiger partial charge in [0, 0.05) is 17.9 Å². The van der Waals surface area contributed by atoms with Crippen LogP contribution >= 0.6 is 22.9 Å². The van der Waals surface area contributed by atoms with E-state index in [1.807, 2.05) is 0 Å². The standard InChI is InChI=1S/C15H18ClN3O2S/c1-2-4-14-18-19-15(22-14)17-13(20)5-3-10-21-12-8-6-11(16)7-9-12/h6-9H,2-5,10H2,1H3,(H,17,19,20). The molecule has 1 aromatic heterocycles. The maximum absolute atomic E-state index is 11.8. The molecule has 0 fully saturated rings. The minimum Gasteiger partial charge on any atom is -0.494 e. The molecule has 2 rings (SSSR count). The van der Waals surface area contributed by atoms with Gasteiger partial charge < -0.3 is 10.1 Å². The lowest BCUT2D eigenvalue weighted by molar-refractivity contribution is -0.116. The minimum atomic E-state index is -0.0705. The van der Waals surface area contributed by atoms with Crippen LogP contribution in [-0.4, -0.2) is 22.7 Å². The summed E-state index contributed by atoms with van der Waals surface area (Å²) in [6.07, 6.45) is 2.93. The van der Waals surface area contributed by atoms with Crippen molar-refractivity contribution in [3.05, 3.63) is 34.3 Å². The normalized spacial score (nSPS) is 10.5. The van der Waals surface area contributed by atoms with Crippen LogP contribution in [0.5, 0.6) is 5.75 Å². The molecule has 0 radical (unpaired) electrons. The summed E-state index contributed by atoms with van der Waals surface area (Å²) in [4.78, 5) is 11.8. The first-order valence-electron chi connectivity index (χ1n) is 7.18. The van der Waals surface area contributed by atoms with Gasteiger partial charge >= 0.3 is 0 Å². The van der Waals surface area contributed by atoms with Crippen LogP contribution in [-0.2, 0) is 11.2 Å². The average Bonchev–Trinajstić information content (AvgIpc) is 2.93. The number of amides is 1. The van der Waals surface area contributed by atoms with Crippen molar-refractivity contribution < 1.29 is 9.53 Å². The number of ether oxygens (including phenoxy) is 1. The molecule has 0 saturated heterocycles. The van der Waals surface area contributed by atoms with Gasteiger partial charge in [0.15, 0.2) is 0 Å². The maximum Gasteiger partial charge on any atom is 0.226 e. The van der Waals surface area contributed by atoms with Gasteiger partial charge in [-0.05, 0) is 37.1 Å². The third-order valence-electron chi connectivity index (χ3n) is 2.81. The minimum absolute atomic E-state index is 0.0705. The predicted octanol–water partition coefficient (Wildman–Crippen LogP) is 3.94. The molecule has 7 heteroatoms. The molecule has 1 N–H and O–H groups in total. The molecule has 5 nitrogen and oxygen atoms in total. The van der Waals surface area contributed by atoms with Crippen molar-refractivity contribution in [3.8, 4) is 5.75 Å². The van der Waals surface area contributed by atoms with Gasteiger partial charge in [0.1, 0.15) is 10.8 Å². The third-order valence-corrected chi connectivity index (χ3v) is 3.96. The van der Waals surface area contributed by atoms with E-state index in [9.17, 15) is 4.79 Å². The quantitative estimate of drug-likeness (QED) is 0.740. The number of anilines is 1. The first-order chi connectivity index (χ1) is 10.7. The monoisotopic (exact) mass is 339 g/mol. The Labute approximate surface area is 138 Å². The molecule has 0 aliphatic rings. The van der Waals surface area contributed by atoms with E-state index in [0.29, 0.717) is 29.6 Å². The van der Waals surface area contributed by atoms with Crippen LogP contribution in [0, 0.1) is 0 Å². The number of aromatic nitrogens is 2. The number of hydrogen-bond acceptors (Lipinski definition) is 5. The topological polar surface area (TPSA) is 64.1 Å². The Morgan fingerprint density at radius 1 is 1.32 bits per heavy atom. The van der Waals surface area contributed by atoms with Gasteiger partial charge in [-0.3, -0.25) is 4.79 Å². The second-order valence-corrected chi connectivity index (χ2v) is 6.20. The fraction of sp³-hybridized carbons (Fsp3) is 0.400. The van der Waals surface area contributed by atoms with Crippen LogP contribution < -0.4 is 10.1 Å². The molecule has 0 aliphatic heterocycles. The highest BCUT2D eigenvalue weighted by atomic mass is 35.5. The number of halogens is 1. The fourth-order valence-corrected chi connectivity index (χ4v) is 2.74.